The lowest BCUT2D eigenvalue weighted by atomic mass is 10.1. The van der Waals surface area contributed by atoms with Gasteiger partial charge in [0.15, 0.2) is 11.0 Å². The third-order valence-corrected chi connectivity index (χ3v) is 6.54. The number of hydrogen-bond acceptors (Lipinski definition) is 5. The van der Waals surface area contributed by atoms with Gasteiger partial charge in [-0.3, -0.25) is 9.36 Å². The van der Waals surface area contributed by atoms with Gasteiger partial charge in [0.05, 0.1) is 17.1 Å². The summed E-state index contributed by atoms with van der Waals surface area (Å²) in [6.45, 7) is 5.85. The number of benzene rings is 2. The SMILES string of the molecule is Cc1occc1-c1nnc(S[C@@H](C)C(=O)N[C@@H](C)CCc2ccccc2)n1-c1ccccc1. The molecule has 7 heteroatoms. The molecule has 2 atom stereocenters. The first-order chi connectivity index (χ1) is 16.0. The first-order valence-electron chi connectivity index (χ1n) is 11.1. The number of furan rings is 1. The van der Waals surface area contributed by atoms with E-state index in [0.717, 1.165) is 29.9 Å². The molecule has 1 amide bonds. The van der Waals surface area contributed by atoms with Crippen LogP contribution in [0.15, 0.2) is 82.6 Å². The van der Waals surface area contributed by atoms with Gasteiger partial charge in [0.2, 0.25) is 5.91 Å². The number of aryl methyl sites for hydroxylation is 2. The molecule has 0 aliphatic carbocycles. The van der Waals surface area contributed by atoms with Crippen molar-refractivity contribution in [2.45, 2.75) is 50.1 Å². The minimum Gasteiger partial charge on any atom is -0.469 e. The largest absolute Gasteiger partial charge is 0.469 e. The molecule has 0 saturated heterocycles. The Labute approximate surface area is 198 Å². The first kappa shape index (κ1) is 22.9. The number of thioether (sulfide) groups is 1. The molecule has 0 fully saturated rings. The monoisotopic (exact) mass is 460 g/mol. The second-order valence-electron chi connectivity index (χ2n) is 8.06. The van der Waals surface area contributed by atoms with Gasteiger partial charge in [-0.1, -0.05) is 60.3 Å². The summed E-state index contributed by atoms with van der Waals surface area (Å²) in [4.78, 5) is 12.9. The number of nitrogens with zero attached hydrogens (tertiary/aromatic N) is 3. The van der Waals surface area contributed by atoms with Gasteiger partial charge < -0.3 is 9.73 Å². The molecule has 170 valence electrons. The van der Waals surface area contributed by atoms with E-state index < -0.39 is 0 Å². The topological polar surface area (TPSA) is 72.9 Å². The molecule has 1 N–H and O–H groups in total. The highest BCUT2D eigenvalue weighted by molar-refractivity contribution is 8.00. The summed E-state index contributed by atoms with van der Waals surface area (Å²) in [5.41, 5.74) is 3.09. The molecule has 0 bridgehead atoms. The lowest BCUT2D eigenvalue weighted by molar-refractivity contribution is -0.120. The molecule has 4 aromatic rings. The second-order valence-corrected chi connectivity index (χ2v) is 9.37. The van der Waals surface area contributed by atoms with E-state index in [2.05, 4.69) is 27.6 Å². The van der Waals surface area contributed by atoms with E-state index >= 15 is 0 Å². The molecule has 0 aliphatic rings. The van der Waals surface area contributed by atoms with Gasteiger partial charge in [-0.25, -0.2) is 0 Å². The smallest absolute Gasteiger partial charge is 0.233 e. The number of amides is 1. The van der Waals surface area contributed by atoms with Crippen molar-refractivity contribution in [3.05, 3.63) is 84.3 Å². The van der Waals surface area contributed by atoms with E-state index in [9.17, 15) is 4.79 Å². The van der Waals surface area contributed by atoms with Crippen molar-refractivity contribution in [2.75, 3.05) is 0 Å². The lowest BCUT2D eigenvalue weighted by Crippen LogP contribution is -2.38. The van der Waals surface area contributed by atoms with E-state index in [-0.39, 0.29) is 17.2 Å². The normalized spacial score (nSPS) is 12.9. The maximum Gasteiger partial charge on any atom is 0.233 e. The van der Waals surface area contributed by atoms with E-state index in [1.165, 1.54) is 17.3 Å². The number of hydrogen-bond donors (Lipinski definition) is 1. The van der Waals surface area contributed by atoms with Gasteiger partial charge in [-0.15, -0.1) is 10.2 Å². The standard InChI is InChI=1S/C26H28N4O2S/c1-18(14-15-21-10-6-4-7-11-21)27-25(31)20(3)33-26-29-28-24(23-16-17-32-19(23)2)30(26)22-12-8-5-9-13-22/h4-13,16-18,20H,14-15H2,1-3H3,(H,27,31)/t18-,20-/m0/s1. The Morgan fingerprint density at radius 3 is 2.39 bits per heavy atom. The molecule has 6 nitrogen and oxygen atoms in total. The van der Waals surface area contributed by atoms with Crippen LogP contribution in [0.5, 0.6) is 0 Å². The van der Waals surface area contributed by atoms with Gasteiger partial charge in [0.25, 0.3) is 0 Å². The van der Waals surface area contributed by atoms with Crippen LogP contribution in [0.25, 0.3) is 17.1 Å². The highest BCUT2D eigenvalue weighted by Gasteiger charge is 2.23. The minimum absolute atomic E-state index is 0.00999. The van der Waals surface area contributed by atoms with Crippen molar-refractivity contribution >= 4 is 17.7 Å². The molecule has 2 aromatic heterocycles. The van der Waals surface area contributed by atoms with Crippen LogP contribution in [-0.4, -0.2) is 32.0 Å². The molecule has 4 rings (SSSR count). The molecule has 0 spiro atoms. The van der Waals surface area contributed by atoms with Crippen LogP contribution in [0.2, 0.25) is 0 Å². The predicted octanol–water partition coefficient (Wildman–Crippen LogP) is 5.45. The van der Waals surface area contributed by atoms with Crippen molar-refractivity contribution in [3.63, 3.8) is 0 Å². The molecule has 0 radical (unpaired) electrons. The lowest BCUT2D eigenvalue weighted by Gasteiger charge is -2.18. The zero-order chi connectivity index (χ0) is 23.2. The van der Waals surface area contributed by atoms with E-state index in [1.807, 2.05) is 79.9 Å². The highest BCUT2D eigenvalue weighted by Crippen LogP contribution is 2.31. The average molecular weight is 461 g/mol. The Hall–Kier alpha value is -3.32. The van der Waals surface area contributed by atoms with E-state index in [0.29, 0.717) is 11.0 Å². The van der Waals surface area contributed by atoms with Crippen LogP contribution in [0.4, 0.5) is 0 Å². The first-order valence-corrected chi connectivity index (χ1v) is 12.0. The van der Waals surface area contributed by atoms with Crippen LogP contribution in [0, 0.1) is 6.92 Å². The number of aromatic nitrogens is 3. The fraction of sp³-hybridized carbons (Fsp3) is 0.269. The van der Waals surface area contributed by atoms with Gasteiger partial charge in [-0.2, -0.15) is 0 Å². The number of para-hydroxylation sites is 1. The third-order valence-electron chi connectivity index (χ3n) is 5.50. The highest BCUT2D eigenvalue weighted by atomic mass is 32.2. The Kier molecular flexibility index (Phi) is 7.29. The van der Waals surface area contributed by atoms with E-state index in [1.54, 1.807) is 6.26 Å². The fourth-order valence-corrected chi connectivity index (χ4v) is 4.50. The quantitative estimate of drug-likeness (QED) is 0.336. The Balaban J connectivity index is 1.47. The van der Waals surface area contributed by atoms with E-state index in [4.69, 9.17) is 4.42 Å². The van der Waals surface area contributed by atoms with Crippen LogP contribution < -0.4 is 5.32 Å². The molecular weight excluding hydrogens is 432 g/mol. The summed E-state index contributed by atoms with van der Waals surface area (Å²) in [7, 11) is 0. The van der Waals surface area contributed by atoms with Crippen molar-refractivity contribution < 1.29 is 9.21 Å². The van der Waals surface area contributed by atoms with Crippen LogP contribution in [0.1, 0.15) is 31.6 Å². The predicted molar refractivity (Wildman–Crippen MR) is 131 cm³/mol. The molecular formula is C26H28N4O2S. The summed E-state index contributed by atoms with van der Waals surface area (Å²) in [6, 6.07) is 22.2. The molecule has 2 heterocycles. The number of rotatable bonds is 9. The maximum absolute atomic E-state index is 12.9. The Morgan fingerprint density at radius 1 is 1.03 bits per heavy atom. The number of nitrogens with one attached hydrogen (secondary N) is 1. The summed E-state index contributed by atoms with van der Waals surface area (Å²) >= 11 is 1.40. The third kappa shape index (κ3) is 5.54. The Bertz CT molecular complexity index is 1190. The van der Waals surface area contributed by atoms with Crippen molar-refractivity contribution in [1.29, 1.82) is 0 Å². The second kappa shape index (κ2) is 10.5. The van der Waals surface area contributed by atoms with Gasteiger partial charge in [0.1, 0.15) is 5.76 Å². The van der Waals surface area contributed by atoms with Crippen LogP contribution >= 0.6 is 11.8 Å². The van der Waals surface area contributed by atoms with Gasteiger partial charge in [0, 0.05) is 11.7 Å². The van der Waals surface area contributed by atoms with Crippen molar-refractivity contribution in [2.24, 2.45) is 0 Å². The summed E-state index contributed by atoms with van der Waals surface area (Å²) < 4.78 is 7.46. The van der Waals surface area contributed by atoms with Crippen LogP contribution in [-0.2, 0) is 11.2 Å². The molecule has 2 aromatic carbocycles. The molecule has 0 saturated carbocycles. The Morgan fingerprint density at radius 2 is 1.73 bits per heavy atom. The molecule has 0 aliphatic heterocycles. The maximum atomic E-state index is 12.9. The zero-order valence-electron chi connectivity index (χ0n) is 19.1. The van der Waals surface area contributed by atoms with Crippen molar-refractivity contribution in [3.8, 4) is 17.1 Å². The summed E-state index contributed by atoms with van der Waals surface area (Å²) in [5.74, 6) is 1.46. The molecule has 0 unspecified atom stereocenters. The van der Waals surface area contributed by atoms with Gasteiger partial charge >= 0.3 is 0 Å². The summed E-state index contributed by atoms with van der Waals surface area (Å²) in [5, 5.41) is 12.3. The van der Waals surface area contributed by atoms with Crippen LogP contribution in [0.3, 0.4) is 0 Å². The number of carbonyl (C=O) groups excluding carboxylic acids is 1. The molecule has 33 heavy (non-hydrogen) atoms. The summed E-state index contributed by atoms with van der Waals surface area (Å²) in [6.07, 6.45) is 3.46. The number of carbonyl (C=O) groups is 1. The average Bonchev–Trinajstić information content (AvgIpc) is 3.44. The fourth-order valence-electron chi connectivity index (χ4n) is 3.62. The zero-order valence-corrected chi connectivity index (χ0v) is 19.9. The van der Waals surface area contributed by atoms with Crippen molar-refractivity contribution in [1.82, 2.24) is 20.1 Å². The van der Waals surface area contributed by atoms with Gasteiger partial charge in [-0.05, 0) is 57.4 Å². The minimum atomic E-state index is -0.325.